The number of anilines is 1. The van der Waals surface area contributed by atoms with Gasteiger partial charge in [-0.15, -0.1) is 0 Å². The molecule has 0 fully saturated rings. The molecule has 0 bridgehead atoms. The molecule has 0 unspecified atom stereocenters. The van der Waals surface area contributed by atoms with Crippen LogP contribution < -0.4 is 10.2 Å². The molecule has 0 radical (unpaired) electrons. The molecular weight excluding hydrogens is 391 g/mol. The Hall–Kier alpha value is -2.08. The van der Waals surface area contributed by atoms with Crippen LogP contribution in [0.2, 0.25) is 10.0 Å². The second kappa shape index (κ2) is 7.66. The van der Waals surface area contributed by atoms with E-state index < -0.39 is 12.0 Å². The second-order valence-corrected chi connectivity index (χ2v) is 6.94. The Balaban J connectivity index is 2.16. The van der Waals surface area contributed by atoms with E-state index in [1.807, 2.05) is 42.2 Å². The molecule has 0 amide bonds. The highest BCUT2D eigenvalue weighted by atomic mass is 35.5. The molecule has 134 valence electrons. The molecule has 1 aliphatic rings. The molecule has 3 rings (SSSR count). The molecule has 1 N–H and O–H groups in total. The SMILES string of the molecule is COC(=O)C1=C(C)N(c2ccccc2)C(=S)N[C@@H]1c1ccc(Cl)cc1Cl. The van der Waals surface area contributed by atoms with E-state index in [0.717, 1.165) is 5.69 Å². The van der Waals surface area contributed by atoms with Gasteiger partial charge >= 0.3 is 5.97 Å². The number of rotatable bonds is 3. The Labute approximate surface area is 167 Å². The van der Waals surface area contributed by atoms with Crippen molar-refractivity contribution in [3.63, 3.8) is 0 Å². The van der Waals surface area contributed by atoms with E-state index in [-0.39, 0.29) is 0 Å². The van der Waals surface area contributed by atoms with Gasteiger partial charge in [0.05, 0.1) is 18.7 Å². The summed E-state index contributed by atoms with van der Waals surface area (Å²) in [6.07, 6.45) is 0. The average Bonchev–Trinajstić information content (AvgIpc) is 2.61. The number of thiocarbonyl (C=S) groups is 1. The molecule has 1 aliphatic heterocycles. The van der Waals surface area contributed by atoms with Crippen LogP contribution in [-0.4, -0.2) is 18.2 Å². The van der Waals surface area contributed by atoms with Crippen LogP contribution in [0.25, 0.3) is 0 Å². The van der Waals surface area contributed by atoms with Crippen molar-refractivity contribution >= 4 is 52.2 Å². The molecule has 2 aromatic carbocycles. The summed E-state index contributed by atoms with van der Waals surface area (Å²) < 4.78 is 5.02. The number of hydrogen-bond acceptors (Lipinski definition) is 3. The number of allylic oxidation sites excluding steroid dienone is 1. The number of esters is 1. The predicted molar refractivity (Wildman–Crippen MR) is 109 cm³/mol. The second-order valence-electron chi connectivity index (χ2n) is 5.71. The van der Waals surface area contributed by atoms with E-state index in [4.69, 9.17) is 40.2 Å². The van der Waals surface area contributed by atoms with E-state index >= 15 is 0 Å². The average molecular weight is 407 g/mol. The number of carbonyl (C=O) groups is 1. The minimum absolute atomic E-state index is 0.439. The van der Waals surface area contributed by atoms with E-state index in [2.05, 4.69) is 5.32 Å². The maximum atomic E-state index is 12.6. The Morgan fingerprint density at radius 3 is 2.50 bits per heavy atom. The zero-order valence-electron chi connectivity index (χ0n) is 14.1. The van der Waals surface area contributed by atoms with Gasteiger partial charge in [-0.1, -0.05) is 47.5 Å². The molecule has 0 saturated heterocycles. The van der Waals surface area contributed by atoms with Crippen LogP contribution in [-0.2, 0) is 9.53 Å². The van der Waals surface area contributed by atoms with Crippen molar-refractivity contribution in [2.75, 3.05) is 12.0 Å². The number of halogens is 2. The number of carbonyl (C=O) groups excluding carboxylic acids is 1. The molecule has 1 atom stereocenters. The van der Waals surface area contributed by atoms with Gasteiger partial charge in [0.15, 0.2) is 5.11 Å². The van der Waals surface area contributed by atoms with Gasteiger partial charge in [0.2, 0.25) is 0 Å². The standard InChI is InChI=1S/C19H16Cl2N2O2S/c1-11-16(18(24)25-2)17(14-9-8-12(20)10-15(14)21)22-19(26)23(11)13-6-4-3-5-7-13/h3-10,17H,1-2H3,(H,22,26)/t17-/m1/s1. The lowest BCUT2D eigenvalue weighted by atomic mass is 9.94. The number of nitrogens with one attached hydrogen (secondary N) is 1. The summed E-state index contributed by atoms with van der Waals surface area (Å²) in [6, 6.07) is 14.2. The van der Waals surface area contributed by atoms with Crippen molar-refractivity contribution < 1.29 is 9.53 Å². The van der Waals surface area contributed by atoms with Crippen LogP contribution in [0.4, 0.5) is 5.69 Å². The third-order valence-electron chi connectivity index (χ3n) is 4.18. The van der Waals surface area contributed by atoms with Crippen molar-refractivity contribution in [2.24, 2.45) is 0 Å². The van der Waals surface area contributed by atoms with Crippen molar-refractivity contribution in [1.82, 2.24) is 5.32 Å². The minimum Gasteiger partial charge on any atom is -0.466 e. The fourth-order valence-corrected chi connectivity index (χ4v) is 3.85. The third kappa shape index (κ3) is 3.43. The largest absolute Gasteiger partial charge is 0.466 e. The van der Waals surface area contributed by atoms with Gasteiger partial charge < -0.3 is 10.1 Å². The van der Waals surface area contributed by atoms with Gasteiger partial charge in [0.25, 0.3) is 0 Å². The first kappa shape index (κ1) is 18.7. The fourth-order valence-electron chi connectivity index (χ4n) is 2.97. The molecular formula is C19H16Cl2N2O2S. The first-order valence-corrected chi connectivity index (χ1v) is 9.00. The van der Waals surface area contributed by atoms with Gasteiger partial charge in [-0.05, 0) is 49.0 Å². The highest BCUT2D eigenvalue weighted by molar-refractivity contribution is 7.80. The van der Waals surface area contributed by atoms with E-state index in [1.165, 1.54) is 7.11 Å². The predicted octanol–water partition coefficient (Wildman–Crippen LogP) is 4.88. The molecule has 1 heterocycles. The Morgan fingerprint density at radius 2 is 1.88 bits per heavy atom. The molecule has 2 aromatic rings. The molecule has 26 heavy (non-hydrogen) atoms. The van der Waals surface area contributed by atoms with Crippen molar-refractivity contribution in [2.45, 2.75) is 13.0 Å². The summed E-state index contributed by atoms with van der Waals surface area (Å²) in [6.45, 7) is 1.84. The number of benzene rings is 2. The summed E-state index contributed by atoms with van der Waals surface area (Å²) in [5.74, 6) is -0.450. The number of hydrogen-bond donors (Lipinski definition) is 1. The van der Waals surface area contributed by atoms with Crippen LogP contribution in [0, 0.1) is 0 Å². The van der Waals surface area contributed by atoms with Gasteiger partial charge in [-0.25, -0.2) is 4.79 Å². The molecule has 0 spiro atoms. The molecule has 0 saturated carbocycles. The summed E-state index contributed by atoms with van der Waals surface area (Å²) in [5.41, 5.74) is 2.67. The van der Waals surface area contributed by atoms with Crippen molar-refractivity contribution in [3.8, 4) is 0 Å². The lowest BCUT2D eigenvalue weighted by Gasteiger charge is -2.37. The van der Waals surface area contributed by atoms with Gasteiger partial charge in [-0.3, -0.25) is 4.90 Å². The summed E-state index contributed by atoms with van der Waals surface area (Å²) in [7, 11) is 1.35. The zero-order chi connectivity index (χ0) is 18.8. The van der Waals surface area contributed by atoms with Gasteiger partial charge in [-0.2, -0.15) is 0 Å². The quantitative estimate of drug-likeness (QED) is 0.581. The fraction of sp³-hybridized carbons (Fsp3) is 0.158. The van der Waals surface area contributed by atoms with Crippen LogP contribution in [0.15, 0.2) is 59.8 Å². The maximum Gasteiger partial charge on any atom is 0.337 e. The van der Waals surface area contributed by atoms with E-state index in [0.29, 0.717) is 32.0 Å². The highest BCUT2D eigenvalue weighted by Crippen LogP contribution is 2.37. The number of methoxy groups -OCH3 is 1. The molecule has 7 heteroatoms. The lowest BCUT2D eigenvalue weighted by molar-refractivity contribution is -0.136. The van der Waals surface area contributed by atoms with Gasteiger partial charge in [0.1, 0.15) is 0 Å². The smallest absolute Gasteiger partial charge is 0.337 e. The Bertz CT molecular complexity index is 900. The zero-order valence-corrected chi connectivity index (χ0v) is 16.5. The van der Waals surface area contributed by atoms with Crippen LogP contribution in [0.1, 0.15) is 18.5 Å². The Morgan fingerprint density at radius 1 is 1.19 bits per heavy atom. The highest BCUT2D eigenvalue weighted by Gasteiger charge is 2.36. The molecule has 0 aromatic heterocycles. The molecule has 0 aliphatic carbocycles. The van der Waals surface area contributed by atoms with Crippen molar-refractivity contribution in [1.29, 1.82) is 0 Å². The summed E-state index contributed by atoms with van der Waals surface area (Å²) in [5, 5.41) is 4.64. The van der Waals surface area contributed by atoms with Crippen LogP contribution >= 0.6 is 35.4 Å². The van der Waals surface area contributed by atoms with Crippen LogP contribution in [0.3, 0.4) is 0 Å². The van der Waals surface area contributed by atoms with Crippen molar-refractivity contribution in [3.05, 3.63) is 75.4 Å². The Kier molecular flexibility index (Phi) is 5.51. The van der Waals surface area contributed by atoms with E-state index in [9.17, 15) is 4.79 Å². The maximum absolute atomic E-state index is 12.6. The summed E-state index contributed by atoms with van der Waals surface area (Å²) >= 11 is 17.9. The number of para-hydroxylation sites is 1. The minimum atomic E-state index is -0.528. The monoisotopic (exact) mass is 406 g/mol. The first-order chi connectivity index (χ1) is 12.4. The summed E-state index contributed by atoms with van der Waals surface area (Å²) in [4.78, 5) is 14.4. The van der Waals surface area contributed by atoms with Gasteiger partial charge in [0, 0.05) is 21.4 Å². The number of nitrogens with zero attached hydrogens (tertiary/aromatic N) is 1. The third-order valence-corrected chi connectivity index (χ3v) is 5.04. The first-order valence-electron chi connectivity index (χ1n) is 7.83. The normalized spacial score (nSPS) is 17.2. The molecule has 4 nitrogen and oxygen atoms in total. The number of ether oxygens (including phenoxy) is 1. The lowest BCUT2D eigenvalue weighted by Crippen LogP contribution is -2.48. The van der Waals surface area contributed by atoms with E-state index in [1.54, 1.807) is 18.2 Å². The topological polar surface area (TPSA) is 41.6 Å². The van der Waals surface area contributed by atoms with Crippen LogP contribution in [0.5, 0.6) is 0 Å².